The van der Waals surface area contributed by atoms with E-state index in [-0.39, 0.29) is 11.4 Å². The number of hydrogen-bond acceptors (Lipinski definition) is 5. The van der Waals surface area contributed by atoms with Gasteiger partial charge in [0.25, 0.3) is 5.91 Å². The van der Waals surface area contributed by atoms with Crippen molar-refractivity contribution in [2.75, 3.05) is 5.32 Å². The molecule has 7 heteroatoms. The summed E-state index contributed by atoms with van der Waals surface area (Å²) in [6.07, 6.45) is 1.59. The van der Waals surface area contributed by atoms with Crippen LogP contribution >= 0.6 is 11.3 Å². The summed E-state index contributed by atoms with van der Waals surface area (Å²) in [6, 6.07) is 11.5. The molecule has 0 aliphatic carbocycles. The molecule has 3 heterocycles. The van der Waals surface area contributed by atoms with Crippen molar-refractivity contribution < 1.29 is 9.21 Å². The molecule has 0 aliphatic rings. The van der Waals surface area contributed by atoms with Gasteiger partial charge in [0.05, 0.1) is 17.3 Å². The molecule has 0 atom stereocenters. The van der Waals surface area contributed by atoms with Gasteiger partial charge in [-0.15, -0.1) is 11.3 Å². The van der Waals surface area contributed by atoms with E-state index >= 15 is 0 Å². The molecule has 1 amide bonds. The van der Waals surface area contributed by atoms with E-state index in [0.717, 1.165) is 15.9 Å². The second-order valence-corrected chi connectivity index (χ2v) is 8.49. The number of hydrogen-bond donors (Lipinski definition) is 1. The summed E-state index contributed by atoms with van der Waals surface area (Å²) in [6.45, 7) is 8.13. The summed E-state index contributed by atoms with van der Waals surface area (Å²) in [4.78, 5) is 22.8. The number of benzene rings is 1. The molecular weight excluding hydrogens is 360 g/mol. The number of aromatic nitrogens is 3. The van der Waals surface area contributed by atoms with E-state index in [0.29, 0.717) is 22.4 Å². The number of nitrogens with zero attached hydrogens (tertiary/aromatic N) is 3. The first kappa shape index (κ1) is 17.5. The summed E-state index contributed by atoms with van der Waals surface area (Å²) in [7, 11) is 0. The molecule has 6 nitrogen and oxygen atoms in total. The van der Waals surface area contributed by atoms with Crippen LogP contribution in [-0.2, 0) is 5.54 Å². The van der Waals surface area contributed by atoms with Gasteiger partial charge in [-0.3, -0.25) is 10.1 Å². The van der Waals surface area contributed by atoms with Crippen LogP contribution in [-0.4, -0.2) is 20.4 Å². The fraction of sp³-hybridized carbons (Fsp3) is 0.250. The molecule has 0 saturated heterocycles. The number of amides is 1. The molecule has 27 heavy (non-hydrogen) atoms. The minimum Gasteiger partial charge on any atom is -0.462 e. The fourth-order valence-corrected chi connectivity index (χ4v) is 3.94. The van der Waals surface area contributed by atoms with Crippen molar-refractivity contribution >= 4 is 34.2 Å². The van der Waals surface area contributed by atoms with Crippen LogP contribution in [0.1, 0.15) is 36.1 Å². The highest BCUT2D eigenvalue weighted by atomic mass is 32.1. The second kappa shape index (κ2) is 6.35. The van der Waals surface area contributed by atoms with E-state index in [4.69, 9.17) is 4.42 Å². The van der Waals surface area contributed by atoms with Crippen LogP contribution in [0.25, 0.3) is 21.8 Å². The maximum atomic E-state index is 12.9. The average Bonchev–Trinajstić information content (AvgIpc) is 3.30. The van der Waals surface area contributed by atoms with Gasteiger partial charge in [0.15, 0.2) is 10.8 Å². The maximum Gasteiger partial charge on any atom is 0.277 e. The van der Waals surface area contributed by atoms with Crippen molar-refractivity contribution in [1.29, 1.82) is 0 Å². The third kappa shape index (κ3) is 3.14. The second-order valence-electron chi connectivity index (χ2n) is 7.29. The molecule has 3 aromatic heterocycles. The Morgan fingerprint density at radius 2 is 1.93 bits per heavy atom. The van der Waals surface area contributed by atoms with Crippen LogP contribution in [0.4, 0.5) is 5.95 Å². The monoisotopic (exact) mass is 380 g/mol. The van der Waals surface area contributed by atoms with Gasteiger partial charge in [-0.1, -0.05) is 12.1 Å². The lowest BCUT2D eigenvalue weighted by atomic mass is 10.1. The highest BCUT2D eigenvalue weighted by Gasteiger charge is 2.24. The largest absolute Gasteiger partial charge is 0.462 e. The number of fused-ring (bicyclic) bond motifs is 1. The molecule has 0 radical (unpaired) electrons. The third-order valence-electron chi connectivity index (χ3n) is 4.20. The van der Waals surface area contributed by atoms with Crippen molar-refractivity contribution in [3.63, 3.8) is 0 Å². The zero-order valence-electron chi connectivity index (χ0n) is 15.6. The van der Waals surface area contributed by atoms with Gasteiger partial charge in [0, 0.05) is 10.4 Å². The zero-order chi connectivity index (χ0) is 19.2. The Kier molecular flexibility index (Phi) is 4.11. The van der Waals surface area contributed by atoms with Crippen LogP contribution in [0.15, 0.2) is 47.1 Å². The van der Waals surface area contributed by atoms with Gasteiger partial charge >= 0.3 is 0 Å². The van der Waals surface area contributed by atoms with Crippen molar-refractivity contribution in [2.24, 2.45) is 0 Å². The Morgan fingerprint density at radius 3 is 2.63 bits per heavy atom. The molecule has 0 fully saturated rings. The number of nitrogens with one attached hydrogen (secondary N) is 1. The molecular formula is C20H20N4O2S. The van der Waals surface area contributed by atoms with Crippen LogP contribution in [0.2, 0.25) is 0 Å². The van der Waals surface area contributed by atoms with Gasteiger partial charge in [-0.25, -0.2) is 9.97 Å². The average molecular weight is 380 g/mol. The molecule has 0 saturated carbocycles. The molecule has 0 unspecified atom stereocenters. The Labute approximate surface area is 160 Å². The summed E-state index contributed by atoms with van der Waals surface area (Å²) >= 11 is 1.43. The van der Waals surface area contributed by atoms with Crippen molar-refractivity contribution in [1.82, 2.24) is 14.5 Å². The topological polar surface area (TPSA) is 73.0 Å². The van der Waals surface area contributed by atoms with Crippen LogP contribution in [0.5, 0.6) is 0 Å². The number of anilines is 1. The standard InChI is InChI=1S/C20H20N4O2S/c1-12-16(22-18(27-12)15-10-7-11-26-15)17(25)23-19-21-13-8-5-6-9-14(13)24(19)20(2,3)4/h5-11H,1-4H3,(H,21,23,25). The minimum atomic E-state index is -0.276. The number of imidazole rings is 1. The smallest absolute Gasteiger partial charge is 0.277 e. The molecule has 0 aliphatic heterocycles. The predicted molar refractivity (Wildman–Crippen MR) is 107 cm³/mol. The number of para-hydroxylation sites is 2. The van der Waals surface area contributed by atoms with Gasteiger partial charge in [0.1, 0.15) is 5.69 Å². The minimum absolute atomic E-state index is 0.241. The van der Waals surface area contributed by atoms with Crippen LogP contribution in [0.3, 0.4) is 0 Å². The summed E-state index contributed by atoms with van der Waals surface area (Å²) < 4.78 is 7.43. The lowest BCUT2D eigenvalue weighted by Crippen LogP contribution is -2.26. The van der Waals surface area contributed by atoms with Gasteiger partial charge in [0.2, 0.25) is 5.95 Å². The van der Waals surface area contributed by atoms with Gasteiger partial charge < -0.3 is 8.98 Å². The summed E-state index contributed by atoms with van der Waals surface area (Å²) in [5, 5.41) is 3.64. The normalized spacial score (nSPS) is 11.9. The quantitative estimate of drug-likeness (QED) is 0.539. The number of furan rings is 1. The highest BCUT2D eigenvalue weighted by Crippen LogP contribution is 2.30. The maximum absolute atomic E-state index is 12.9. The first-order valence-electron chi connectivity index (χ1n) is 8.65. The van der Waals surface area contributed by atoms with E-state index in [1.807, 2.05) is 41.8 Å². The number of carbonyl (C=O) groups is 1. The number of aryl methyl sites for hydroxylation is 1. The summed E-state index contributed by atoms with van der Waals surface area (Å²) in [5.41, 5.74) is 1.97. The Bertz CT molecular complexity index is 1120. The SMILES string of the molecule is Cc1sc(-c2ccco2)nc1C(=O)Nc1nc2ccccc2n1C(C)(C)C. The molecule has 1 aromatic carbocycles. The van der Waals surface area contributed by atoms with E-state index < -0.39 is 0 Å². The van der Waals surface area contributed by atoms with Crippen LogP contribution < -0.4 is 5.32 Å². The Balaban J connectivity index is 1.72. The van der Waals surface area contributed by atoms with E-state index in [1.165, 1.54) is 11.3 Å². The zero-order valence-corrected chi connectivity index (χ0v) is 16.4. The van der Waals surface area contributed by atoms with Crippen molar-refractivity contribution in [2.45, 2.75) is 33.2 Å². The Hall–Kier alpha value is -2.93. The third-order valence-corrected chi connectivity index (χ3v) is 5.19. The number of carbonyl (C=O) groups excluding carboxylic acids is 1. The molecule has 1 N–H and O–H groups in total. The fourth-order valence-electron chi connectivity index (χ4n) is 3.06. The highest BCUT2D eigenvalue weighted by molar-refractivity contribution is 7.15. The first-order valence-corrected chi connectivity index (χ1v) is 9.47. The van der Waals surface area contributed by atoms with Crippen molar-refractivity contribution in [3.05, 3.63) is 53.2 Å². The first-order chi connectivity index (χ1) is 12.8. The van der Waals surface area contributed by atoms with Crippen molar-refractivity contribution in [3.8, 4) is 10.8 Å². The summed E-state index contributed by atoms with van der Waals surface area (Å²) in [5.74, 6) is 0.895. The van der Waals surface area contributed by atoms with E-state index in [1.54, 1.807) is 12.3 Å². The molecule has 138 valence electrons. The number of thiazole rings is 1. The lowest BCUT2D eigenvalue weighted by Gasteiger charge is -2.24. The van der Waals surface area contributed by atoms with Gasteiger partial charge in [-0.2, -0.15) is 0 Å². The van der Waals surface area contributed by atoms with E-state index in [9.17, 15) is 4.79 Å². The Morgan fingerprint density at radius 1 is 1.15 bits per heavy atom. The molecule has 4 aromatic rings. The molecule has 0 spiro atoms. The molecule has 0 bridgehead atoms. The van der Waals surface area contributed by atoms with Gasteiger partial charge in [-0.05, 0) is 52.0 Å². The lowest BCUT2D eigenvalue weighted by molar-refractivity contribution is 0.102. The van der Waals surface area contributed by atoms with E-state index in [2.05, 4.69) is 36.1 Å². The number of rotatable bonds is 3. The predicted octanol–water partition coefficient (Wildman–Crippen LogP) is 5.07. The van der Waals surface area contributed by atoms with Crippen LogP contribution in [0, 0.1) is 6.92 Å². The molecule has 4 rings (SSSR count).